The maximum Gasteiger partial charge on any atom is 0.251 e. The van der Waals surface area contributed by atoms with Gasteiger partial charge in [0.1, 0.15) is 5.01 Å². The molecule has 4 nitrogen and oxygen atoms in total. The number of aromatic nitrogens is 1. The summed E-state index contributed by atoms with van der Waals surface area (Å²) in [5.74, 6) is -0.0913. The van der Waals surface area contributed by atoms with Crippen LogP contribution in [0.2, 0.25) is 0 Å². The lowest BCUT2D eigenvalue weighted by atomic mass is 10.2. The Morgan fingerprint density at radius 2 is 2.16 bits per heavy atom. The molecule has 1 heterocycles. The van der Waals surface area contributed by atoms with Crippen molar-refractivity contribution in [2.75, 3.05) is 11.9 Å². The molecule has 1 aromatic carbocycles. The third kappa shape index (κ3) is 3.93. The minimum absolute atomic E-state index is 0.0913. The van der Waals surface area contributed by atoms with Gasteiger partial charge in [-0.2, -0.15) is 0 Å². The van der Waals surface area contributed by atoms with Crippen molar-refractivity contribution in [3.8, 4) is 0 Å². The Balaban J connectivity index is 1.90. The van der Waals surface area contributed by atoms with Crippen LogP contribution < -0.4 is 10.6 Å². The van der Waals surface area contributed by atoms with Crippen LogP contribution in [-0.2, 0) is 6.54 Å². The van der Waals surface area contributed by atoms with E-state index in [1.807, 2.05) is 17.5 Å². The molecule has 0 saturated heterocycles. The van der Waals surface area contributed by atoms with Gasteiger partial charge < -0.3 is 10.6 Å². The smallest absolute Gasteiger partial charge is 0.251 e. The summed E-state index contributed by atoms with van der Waals surface area (Å²) in [5.41, 5.74) is 1.61. The molecule has 5 heteroatoms. The Bertz CT molecular complexity index is 534. The second-order valence-electron chi connectivity index (χ2n) is 3.86. The molecule has 0 aliphatic carbocycles. The SMILES string of the molecule is C=CCNC(=O)c1ccc(NCc2nccs2)cc1. The van der Waals surface area contributed by atoms with Crippen LogP contribution in [0.25, 0.3) is 0 Å². The minimum atomic E-state index is -0.0913. The first-order valence-electron chi connectivity index (χ1n) is 5.91. The average Bonchev–Trinajstić information content (AvgIpc) is 2.96. The van der Waals surface area contributed by atoms with E-state index in [1.54, 1.807) is 35.7 Å². The lowest BCUT2D eigenvalue weighted by molar-refractivity contribution is 0.0958. The van der Waals surface area contributed by atoms with Crippen LogP contribution in [0.4, 0.5) is 5.69 Å². The van der Waals surface area contributed by atoms with Gasteiger partial charge in [0.05, 0.1) is 6.54 Å². The van der Waals surface area contributed by atoms with Crippen molar-refractivity contribution in [3.05, 3.63) is 59.1 Å². The summed E-state index contributed by atoms with van der Waals surface area (Å²) < 4.78 is 0. The molecule has 0 atom stereocenters. The van der Waals surface area contributed by atoms with Crippen LogP contribution in [0, 0.1) is 0 Å². The highest BCUT2D eigenvalue weighted by molar-refractivity contribution is 7.09. The standard InChI is InChI=1S/C14H15N3OS/c1-2-7-16-14(18)11-3-5-12(6-4-11)17-10-13-15-8-9-19-13/h2-6,8-9,17H,1,7,10H2,(H,16,18). The topological polar surface area (TPSA) is 54.0 Å². The van der Waals surface area contributed by atoms with Crippen molar-refractivity contribution < 1.29 is 4.79 Å². The third-order valence-corrected chi connectivity index (χ3v) is 3.26. The van der Waals surface area contributed by atoms with Gasteiger partial charge in [0, 0.05) is 29.4 Å². The molecule has 2 rings (SSSR count). The van der Waals surface area contributed by atoms with Gasteiger partial charge in [-0.25, -0.2) is 4.98 Å². The van der Waals surface area contributed by atoms with Crippen molar-refractivity contribution in [2.24, 2.45) is 0 Å². The number of benzene rings is 1. The van der Waals surface area contributed by atoms with Crippen molar-refractivity contribution in [1.29, 1.82) is 0 Å². The lowest BCUT2D eigenvalue weighted by Gasteiger charge is -2.06. The quantitative estimate of drug-likeness (QED) is 0.796. The Hall–Kier alpha value is -2.14. The fraction of sp³-hybridized carbons (Fsp3) is 0.143. The van der Waals surface area contributed by atoms with E-state index in [-0.39, 0.29) is 5.91 Å². The van der Waals surface area contributed by atoms with Gasteiger partial charge in [-0.1, -0.05) is 6.08 Å². The Labute approximate surface area is 116 Å². The molecule has 0 radical (unpaired) electrons. The zero-order valence-corrected chi connectivity index (χ0v) is 11.2. The first-order valence-corrected chi connectivity index (χ1v) is 6.79. The molecule has 2 aromatic rings. The number of anilines is 1. The van der Waals surface area contributed by atoms with Gasteiger partial charge in [0.15, 0.2) is 0 Å². The lowest BCUT2D eigenvalue weighted by Crippen LogP contribution is -2.23. The normalized spacial score (nSPS) is 9.89. The summed E-state index contributed by atoms with van der Waals surface area (Å²) in [6.45, 7) is 4.73. The molecule has 2 N–H and O–H groups in total. The number of nitrogens with one attached hydrogen (secondary N) is 2. The van der Waals surface area contributed by atoms with Crippen LogP contribution in [-0.4, -0.2) is 17.4 Å². The number of thiazole rings is 1. The molecule has 0 unspecified atom stereocenters. The summed E-state index contributed by atoms with van der Waals surface area (Å²) in [7, 11) is 0. The van der Waals surface area contributed by atoms with Crippen molar-refractivity contribution in [2.45, 2.75) is 6.54 Å². The number of carbonyl (C=O) groups excluding carboxylic acids is 1. The fourth-order valence-electron chi connectivity index (χ4n) is 1.52. The monoisotopic (exact) mass is 273 g/mol. The maximum atomic E-state index is 11.7. The Morgan fingerprint density at radius 1 is 1.37 bits per heavy atom. The number of nitrogens with zero attached hydrogens (tertiary/aromatic N) is 1. The Morgan fingerprint density at radius 3 is 2.79 bits per heavy atom. The largest absolute Gasteiger partial charge is 0.379 e. The van der Waals surface area contributed by atoms with Crippen molar-refractivity contribution in [3.63, 3.8) is 0 Å². The highest BCUT2D eigenvalue weighted by Crippen LogP contribution is 2.12. The molecule has 0 fully saturated rings. The predicted octanol–water partition coefficient (Wildman–Crippen LogP) is 2.67. The molecule has 19 heavy (non-hydrogen) atoms. The summed E-state index contributed by atoms with van der Waals surface area (Å²) in [6, 6.07) is 7.36. The highest BCUT2D eigenvalue weighted by atomic mass is 32.1. The minimum Gasteiger partial charge on any atom is -0.379 e. The van der Waals surface area contributed by atoms with Gasteiger partial charge in [-0.3, -0.25) is 4.79 Å². The van der Waals surface area contributed by atoms with E-state index >= 15 is 0 Å². The van der Waals surface area contributed by atoms with Crippen LogP contribution in [0.3, 0.4) is 0 Å². The van der Waals surface area contributed by atoms with Gasteiger partial charge >= 0.3 is 0 Å². The predicted molar refractivity (Wildman–Crippen MR) is 78.4 cm³/mol. The van der Waals surface area contributed by atoms with Gasteiger partial charge in [0.2, 0.25) is 0 Å². The average molecular weight is 273 g/mol. The van der Waals surface area contributed by atoms with E-state index in [9.17, 15) is 4.79 Å². The number of carbonyl (C=O) groups is 1. The molecular formula is C14H15N3OS. The summed E-state index contributed by atoms with van der Waals surface area (Å²) in [4.78, 5) is 15.9. The van der Waals surface area contributed by atoms with E-state index in [4.69, 9.17) is 0 Å². The maximum absolute atomic E-state index is 11.7. The van der Waals surface area contributed by atoms with Crippen LogP contribution >= 0.6 is 11.3 Å². The zero-order valence-electron chi connectivity index (χ0n) is 10.4. The van der Waals surface area contributed by atoms with Crippen LogP contribution in [0.15, 0.2) is 48.5 Å². The summed E-state index contributed by atoms with van der Waals surface area (Å²) >= 11 is 1.61. The van der Waals surface area contributed by atoms with E-state index < -0.39 is 0 Å². The second-order valence-corrected chi connectivity index (χ2v) is 4.83. The van der Waals surface area contributed by atoms with Gasteiger partial charge in [0.25, 0.3) is 5.91 Å². The zero-order chi connectivity index (χ0) is 13.5. The summed E-state index contributed by atoms with van der Waals surface area (Å²) in [6.07, 6.45) is 3.44. The Kier molecular flexibility index (Phi) is 4.69. The number of hydrogen-bond donors (Lipinski definition) is 2. The fourth-order valence-corrected chi connectivity index (χ4v) is 2.08. The van der Waals surface area contributed by atoms with Crippen LogP contribution in [0.1, 0.15) is 15.4 Å². The molecule has 0 aliphatic rings. The summed E-state index contributed by atoms with van der Waals surface area (Å²) in [5, 5.41) is 8.98. The van der Waals surface area contributed by atoms with E-state index in [1.165, 1.54) is 0 Å². The molecule has 0 spiro atoms. The highest BCUT2D eigenvalue weighted by Gasteiger charge is 2.03. The van der Waals surface area contributed by atoms with E-state index in [2.05, 4.69) is 22.2 Å². The van der Waals surface area contributed by atoms with E-state index in [0.717, 1.165) is 10.7 Å². The van der Waals surface area contributed by atoms with Crippen LogP contribution in [0.5, 0.6) is 0 Å². The first kappa shape index (κ1) is 13.3. The first-order chi connectivity index (χ1) is 9.29. The number of rotatable bonds is 6. The molecule has 1 amide bonds. The molecular weight excluding hydrogens is 258 g/mol. The van der Waals surface area contributed by atoms with Gasteiger partial charge in [-0.15, -0.1) is 17.9 Å². The molecule has 1 aromatic heterocycles. The van der Waals surface area contributed by atoms with Crippen molar-refractivity contribution >= 4 is 22.9 Å². The molecule has 98 valence electrons. The molecule has 0 aliphatic heterocycles. The molecule has 0 bridgehead atoms. The third-order valence-electron chi connectivity index (χ3n) is 2.48. The van der Waals surface area contributed by atoms with Crippen molar-refractivity contribution in [1.82, 2.24) is 10.3 Å². The van der Waals surface area contributed by atoms with E-state index in [0.29, 0.717) is 18.7 Å². The number of hydrogen-bond acceptors (Lipinski definition) is 4. The van der Waals surface area contributed by atoms with Gasteiger partial charge in [-0.05, 0) is 24.3 Å². The molecule has 0 saturated carbocycles. The second kappa shape index (κ2) is 6.70. The number of amides is 1.